The Bertz CT molecular complexity index is 1730. The Hall–Kier alpha value is -2.61. The van der Waals surface area contributed by atoms with E-state index in [0.29, 0.717) is 17.0 Å². The average Bonchev–Trinajstić information content (AvgIpc) is 2.61. The predicted octanol–water partition coefficient (Wildman–Crippen LogP) is 3.44. The third-order valence-corrected chi connectivity index (χ3v) is 7.94. The fourth-order valence-corrected chi connectivity index (χ4v) is 6.55. The molecule has 0 saturated heterocycles. The van der Waals surface area contributed by atoms with E-state index in [2.05, 4.69) is 6.58 Å². The molecule has 3 N–H and O–H groups in total. The molecule has 0 aliphatic heterocycles. The van der Waals surface area contributed by atoms with Gasteiger partial charge in [0.2, 0.25) is 0 Å². The maximum atomic E-state index is 12.3. The molecule has 4 aromatic carbocycles. The Morgan fingerprint density at radius 1 is 0.750 bits per heavy atom. The van der Waals surface area contributed by atoms with E-state index in [9.17, 15) is 38.9 Å². The summed E-state index contributed by atoms with van der Waals surface area (Å²) < 4.78 is 102. The Balaban J connectivity index is 2.39. The summed E-state index contributed by atoms with van der Waals surface area (Å²) in [6.07, 6.45) is 0.123. The first-order valence-electron chi connectivity index (χ1n) is 8.95. The molecule has 9 nitrogen and oxygen atoms in total. The molecule has 168 valence electrons. The van der Waals surface area contributed by atoms with Crippen molar-refractivity contribution in [2.75, 3.05) is 0 Å². The summed E-state index contributed by atoms with van der Waals surface area (Å²) in [4.78, 5) is -1.97. The lowest BCUT2D eigenvalue weighted by Crippen LogP contribution is -2.08. The van der Waals surface area contributed by atoms with Gasteiger partial charge in [-0.05, 0) is 41.8 Å². The van der Waals surface area contributed by atoms with Crippen LogP contribution in [0.15, 0.2) is 63.2 Å². The Morgan fingerprint density at radius 3 is 1.72 bits per heavy atom. The first-order chi connectivity index (χ1) is 14.6. The van der Waals surface area contributed by atoms with Crippen LogP contribution in [0, 0.1) is 0 Å². The molecule has 4 rings (SSSR count). The lowest BCUT2D eigenvalue weighted by molar-refractivity contribution is 0.479. The predicted molar refractivity (Wildman–Crippen MR) is 118 cm³/mol. The maximum absolute atomic E-state index is 12.3. The van der Waals surface area contributed by atoms with Crippen LogP contribution >= 0.6 is 0 Å². The van der Waals surface area contributed by atoms with Crippen LogP contribution in [0.2, 0.25) is 0 Å². The molecule has 0 heterocycles. The van der Waals surface area contributed by atoms with Crippen molar-refractivity contribution in [1.29, 1.82) is 0 Å². The van der Waals surface area contributed by atoms with Crippen LogP contribution in [0.3, 0.4) is 0 Å². The second kappa shape index (κ2) is 6.94. The van der Waals surface area contributed by atoms with Gasteiger partial charge in [-0.1, -0.05) is 36.4 Å². The molecular weight excluding hydrogens is 480 g/mol. The fourth-order valence-electron chi connectivity index (χ4n) is 4.13. The zero-order chi connectivity index (χ0) is 23.8. The van der Waals surface area contributed by atoms with Crippen LogP contribution in [-0.2, 0) is 36.8 Å². The van der Waals surface area contributed by atoms with Crippen molar-refractivity contribution in [2.24, 2.45) is 0 Å². The van der Waals surface area contributed by atoms with Crippen LogP contribution in [0.25, 0.3) is 32.3 Å². The molecule has 0 spiro atoms. The van der Waals surface area contributed by atoms with E-state index in [1.54, 1.807) is 6.92 Å². The summed E-state index contributed by atoms with van der Waals surface area (Å²) in [6.45, 7) is 5.44. The molecule has 0 aliphatic rings. The Labute approximate surface area is 183 Å². The normalized spacial score (nSPS) is 13.4. The number of hydrogen-bond acceptors (Lipinski definition) is 6. The summed E-state index contributed by atoms with van der Waals surface area (Å²) >= 11 is 0. The van der Waals surface area contributed by atoms with E-state index < -0.39 is 45.0 Å². The van der Waals surface area contributed by atoms with Crippen molar-refractivity contribution in [3.05, 3.63) is 54.1 Å². The van der Waals surface area contributed by atoms with Crippen molar-refractivity contribution in [1.82, 2.24) is 0 Å². The van der Waals surface area contributed by atoms with Crippen molar-refractivity contribution in [3.8, 4) is 0 Å². The van der Waals surface area contributed by atoms with Gasteiger partial charge in [0.25, 0.3) is 30.4 Å². The van der Waals surface area contributed by atoms with Crippen LogP contribution in [-0.4, -0.2) is 38.9 Å². The maximum Gasteiger partial charge on any atom is 0.295 e. The van der Waals surface area contributed by atoms with E-state index in [1.807, 2.05) is 0 Å². The molecule has 0 saturated carbocycles. The minimum absolute atomic E-state index is 0.00507. The first kappa shape index (κ1) is 22.6. The number of rotatable bonds is 5. The zero-order valence-electron chi connectivity index (χ0n) is 16.4. The van der Waals surface area contributed by atoms with E-state index in [4.69, 9.17) is 0 Å². The Kier molecular flexibility index (Phi) is 4.90. The van der Waals surface area contributed by atoms with Crippen molar-refractivity contribution in [2.45, 2.75) is 28.0 Å². The summed E-state index contributed by atoms with van der Waals surface area (Å²) in [7, 11) is -14.6. The average molecular weight is 497 g/mol. The summed E-state index contributed by atoms with van der Waals surface area (Å²) in [5.74, 6) is 0. The van der Waals surface area contributed by atoms with Gasteiger partial charge in [0.15, 0.2) is 0 Å². The second-order valence-electron chi connectivity index (χ2n) is 7.54. The van der Waals surface area contributed by atoms with E-state index in [0.717, 1.165) is 0 Å². The van der Waals surface area contributed by atoms with Gasteiger partial charge in [-0.2, -0.15) is 25.3 Å². The summed E-state index contributed by atoms with van der Waals surface area (Å²) in [6, 6.07) is 7.44. The summed E-state index contributed by atoms with van der Waals surface area (Å²) in [5.41, 5.74) is 0.862. The summed E-state index contributed by atoms with van der Waals surface area (Å²) in [5, 5.41) is 0.426. The highest BCUT2D eigenvalue weighted by molar-refractivity contribution is 7.87. The van der Waals surface area contributed by atoms with Crippen LogP contribution in [0.1, 0.15) is 12.5 Å². The third-order valence-electron chi connectivity index (χ3n) is 5.16. The van der Waals surface area contributed by atoms with Crippen LogP contribution in [0.5, 0.6) is 0 Å². The van der Waals surface area contributed by atoms with Gasteiger partial charge in [-0.15, -0.1) is 0 Å². The number of allylic oxidation sites excluding steroid dienone is 1. The van der Waals surface area contributed by atoms with Crippen molar-refractivity contribution >= 4 is 62.7 Å². The smallest absolute Gasteiger partial charge is 0.282 e. The molecule has 0 fully saturated rings. The minimum atomic E-state index is -4.93. The topological polar surface area (TPSA) is 163 Å². The molecule has 0 unspecified atom stereocenters. The lowest BCUT2D eigenvalue weighted by atomic mass is 9.91. The van der Waals surface area contributed by atoms with Gasteiger partial charge < -0.3 is 0 Å². The molecule has 12 heteroatoms. The molecule has 0 aromatic heterocycles. The van der Waals surface area contributed by atoms with Crippen LogP contribution in [0.4, 0.5) is 0 Å². The van der Waals surface area contributed by atoms with E-state index >= 15 is 0 Å². The van der Waals surface area contributed by atoms with Gasteiger partial charge in [0.1, 0.15) is 14.7 Å². The molecular formula is C20H16O9S3. The molecule has 32 heavy (non-hydrogen) atoms. The zero-order valence-corrected chi connectivity index (χ0v) is 18.8. The van der Waals surface area contributed by atoms with Crippen molar-refractivity contribution < 1.29 is 38.9 Å². The molecule has 0 radical (unpaired) electrons. The van der Waals surface area contributed by atoms with E-state index in [-0.39, 0.29) is 38.9 Å². The largest absolute Gasteiger partial charge is 0.295 e. The standard InChI is InChI=1S/C20H16O9S3/c1-10(2)7-12-8-11-3-4-13-16(30(21,22)23)9-17(31(24,25)26)14-5-6-15(18(11)19(13)14)20(12)32(27,28)29/h3-6,8-9H,1,7H2,2H3,(H,21,22,23)(H,24,25,26)(H,27,28,29). The highest BCUT2D eigenvalue weighted by Gasteiger charge is 2.28. The monoisotopic (exact) mass is 496 g/mol. The molecule has 0 aliphatic carbocycles. The van der Waals surface area contributed by atoms with Gasteiger partial charge in [0, 0.05) is 21.5 Å². The highest BCUT2D eigenvalue weighted by atomic mass is 32.2. The third kappa shape index (κ3) is 3.54. The lowest BCUT2D eigenvalue weighted by Gasteiger charge is -2.18. The molecule has 0 atom stereocenters. The highest BCUT2D eigenvalue weighted by Crippen LogP contribution is 2.43. The molecule has 0 amide bonds. The second-order valence-corrected chi connectivity index (χ2v) is 11.7. The number of hydrogen-bond donors (Lipinski definition) is 3. The SMILES string of the molecule is C=C(C)Cc1cc2ccc3c(S(=O)(=O)O)cc(S(=O)(=O)O)c4ccc(c1S(=O)(=O)O)c2c34. The number of benzene rings is 4. The van der Waals surface area contributed by atoms with E-state index in [1.165, 1.54) is 30.3 Å². The van der Waals surface area contributed by atoms with Crippen molar-refractivity contribution in [3.63, 3.8) is 0 Å². The fraction of sp³-hybridized carbons (Fsp3) is 0.100. The van der Waals surface area contributed by atoms with Gasteiger partial charge >= 0.3 is 0 Å². The van der Waals surface area contributed by atoms with Crippen LogP contribution < -0.4 is 0 Å². The van der Waals surface area contributed by atoms with Gasteiger partial charge in [-0.25, -0.2) is 0 Å². The minimum Gasteiger partial charge on any atom is -0.282 e. The van der Waals surface area contributed by atoms with Gasteiger partial charge in [0.05, 0.1) is 0 Å². The molecule has 4 aromatic rings. The quantitative estimate of drug-likeness (QED) is 0.213. The van der Waals surface area contributed by atoms with Gasteiger partial charge in [-0.3, -0.25) is 13.7 Å². The Morgan fingerprint density at radius 2 is 1.25 bits per heavy atom. The first-order valence-corrected chi connectivity index (χ1v) is 13.3. The molecule has 0 bridgehead atoms.